The summed E-state index contributed by atoms with van der Waals surface area (Å²) in [6.07, 6.45) is 0. The molecule has 6 heteroatoms. The fourth-order valence-electron chi connectivity index (χ4n) is 4.95. The lowest BCUT2D eigenvalue weighted by Gasteiger charge is -2.33. The summed E-state index contributed by atoms with van der Waals surface area (Å²) in [7, 11) is 1.58. The summed E-state index contributed by atoms with van der Waals surface area (Å²) < 4.78 is 5.05. The molecule has 5 rings (SSSR count). The highest BCUT2D eigenvalue weighted by atomic mass is 32.2. The molecule has 5 nitrogen and oxygen atoms in total. The SMILES string of the molecule is COc1cccc(C(=O)N2CC(C)(C)S[C@@]23C(=O)N(Cc2ccccc2)c2ccc(C)cc23)c1. The minimum Gasteiger partial charge on any atom is -0.497 e. The quantitative estimate of drug-likeness (QED) is 0.512. The van der Waals surface area contributed by atoms with Crippen LogP contribution in [0.25, 0.3) is 0 Å². The van der Waals surface area contributed by atoms with Crippen LogP contribution < -0.4 is 9.64 Å². The molecule has 2 aliphatic rings. The van der Waals surface area contributed by atoms with E-state index >= 15 is 0 Å². The van der Waals surface area contributed by atoms with Crippen molar-refractivity contribution in [1.29, 1.82) is 0 Å². The number of rotatable bonds is 4. The summed E-state index contributed by atoms with van der Waals surface area (Å²) in [4.78, 5) is 30.8. The molecule has 2 heterocycles. The number of ether oxygens (including phenoxy) is 1. The Bertz CT molecular complexity index is 1270. The van der Waals surface area contributed by atoms with Crippen LogP contribution >= 0.6 is 11.8 Å². The Morgan fingerprint density at radius 2 is 1.79 bits per heavy atom. The van der Waals surface area contributed by atoms with Crippen LogP contribution in [0.5, 0.6) is 5.75 Å². The second-order valence-corrected chi connectivity index (χ2v) is 11.4. The predicted molar refractivity (Wildman–Crippen MR) is 136 cm³/mol. The first-order chi connectivity index (χ1) is 16.2. The van der Waals surface area contributed by atoms with Crippen molar-refractivity contribution in [3.8, 4) is 5.75 Å². The Hall–Kier alpha value is -3.25. The van der Waals surface area contributed by atoms with Gasteiger partial charge in [0, 0.05) is 22.4 Å². The fraction of sp³-hybridized carbons (Fsp3) is 0.286. The molecular weight excluding hydrogens is 444 g/mol. The maximum absolute atomic E-state index is 14.3. The van der Waals surface area contributed by atoms with Gasteiger partial charge in [-0.2, -0.15) is 0 Å². The summed E-state index contributed by atoms with van der Waals surface area (Å²) >= 11 is 1.58. The molecule has 0 saturated carbocycles. The average molecular weight is 473 g/mol. The Morgan fingerprint density at radius 1 is 1.03 bits per heavy atom. The number of nitrogens with zero attached hydrogens (tertiary/aromatic N) is 2. The van der Waals surface area contributed by atoms with Gasteiger partial charge in [0.1, 0.15) is 5.75 Å². The molecule has 0 aliphatic carbocycles. The molecule has 0 radical (unpaired) electrons. The molecule has 0 N–H and O–H groups in total. The Balaban J connectivity index is 1.65. The Kier molecular flexibility index (Phi) is 5.44. The Morgan fingerprint density at radius 3 is 2.53 bits per heavy atom. The van der Waals surface area contributed by atoms with Crippen molar-refractivity contribution in [2.75, 3.05) is 18.6 Å². The lowest BCUT2D eigenvalue weighted by atomic mass is 10.0. The van der Waals surface area contributed by atoms with E-state index in [1.165, 1.54) is 0 Å². The maximum Gasteiger partial charge on any atom is 0.268 e. The van der Waals surface area contributed by atoms with Crippen molar-refractivity contribution in [3.05, 3.63) is 95.1 Å². The summed E-state index contributed by atoms with van der Waals surface area (Å²) in [5.41, 5.74) is 4.38. The number of fused-ring (bicyclic) bond motifs is 2. The molecule has 3 aromatic rings. The molecule has 1 saturated heterocycles. The van der Waals surface area contributed by atoms with Gasteiger partial charge in [-0.1, -0.05) is 54.1 Å². The van der Waals surface area contributed by atoms with Crippen LogP contribution in [0.15, 0.2) is 72.8 Å². The van der Waals surface area contributed by atoms with Gasteiger partial charge in [0.2, 0.25) is 0 Å². The number of benzene rings is 3. The Labute approximate surface area is 204 Å². The van der Waals surface area contributed by atoms with Crippen LogP contribution in [0.1, 0.15) is 40.9 Å². The third kappa shape index (κ3) is 3.57. The van der Waals surface area contributed by atoms with Crippen LogP contribution in [-0.2, 0) is 16.2 Å². The number of carbonyl (C=O) groups is 2. The van der Waals surface area contributed by atoms with Crippen molar-refractivity contribution in [3.63, 3.8) is 0 Å². The van der Waals surface area contributed by atoms with Gasteiger partial charge in [-0.15, -0.1) is 11.8 Å². The zero-order valence-corrected chi connectivity index (χ0v) is 20.7. The van der Waals surface area contributed by atoms with E-state index in [9.17, 15) is 9.59 Å². The molecule has 1 atom stereocenters. The zero-order valence-electron chi connectivity index (χ0n) is 19.9. The number of carbonyl (C=O) groups excluding carboxylic acids is 2. The van der Waals surface area contributed by atoms with Crippen LogP contribution in [0.4, 0.5) is 5.69 Å². The summed E-state index contributed by atoms with van der Waals surface area (Å²) in [6, 6.07) is 23.2. The van der Waals surface area contributed by atoms with E-state index in [4.69, 9.17) is 4.74 Å². The van der Waals surface area contributed by atoms with Gasteiger partial charge in [-0.3, -0.25) is 9.59 Å². The summed E-state index contributed by atoms with van der Waals surface area (Å²) in [6.45, 7) is 7.14. The first kappa shape index (κ1) is 22.5. The van der Waals surface area contributed by atoms with Crippen molar-refractivity contribution in [2.45, 2.75) is 36.9 Å². The van der Waals surface area contributed by atoms with Crippen molar-refractivity contribution < 1.29 is 14.3 Å². The molecule has 0 aromatic heterocycles. The molecule has 0 bridgehead atoms. The summed E-state index contributed by atoms with van der Waals surface area (Å²) in [5, 5.41) is 0. The highest BCUT2D eigenvalue weighted by Gasteiger charge is 2.63. The van der Waals surface area contributed by atoms with E-state index in [-0.39, 0.29) is 16.6 Å². The van der Waals surface area contributed by atoms with Crippen LogP contribution in [0.2, 0.25) is 0 Å². The third-order valence-electron chi connectivity index (χ3n) is 6.43. The fourth-order valence-corrected chi connectivity index (χ4v) is 6.67. The van der Waals surface area contributed by atoms with E-state index < -0.39 is 4.87 Å². The molecule has 174 valence electrons. The number of hydrogen-bond acceptors (Lipinski definition) is 4. The van der Waals surface area contributed by atoms with Crippen molar-refractivity contribution >= 4 is 29.3 Å². The second-order valence-electron chi connectivity index (χ2n) is 9.53. The van der Waals surface area contributed by atoms with Crippen LogP contribution in [-0.4, -0.2) is 35.1 Å². The van der Waals surface area contributed by atoms with E-state index in [2.05, 4.69) is 19.9 Å². The number of anilines is 1. The van der Waals surface area contributed by atoms with E-state index in [0.717, 1.165) is 22.4 Å². The van der Waals surface area contributed by atoms with E-state index in [1.54, 1.807) is 35.9 Å². The number of aryl methyl sites for hydroxylation is 1. The topological polar surface area (TPSA) is 49.9 Å². The predicted octanol–water partition coefficient (Wildman–Crippen LogP) is 5.37. The second kappa shape index (κ2) is 8.20. The highest BCUT2D eigenvalue weighted by molar-refractivity contribution is 8.02. The molecule has 2 aliphatic heterocycles. The minimum absolute atomic E-state index is 0.0659. The zero-order chi connectivity index (χ0) is 24.1. The van der Waals surface area contributed by atoms with Gasteiger partial charge in [-0.25, -0.2) is 0 Å². The minimum atomic E-state index is -1.11. The first-order valence-corrected chi connectivity index (χ1v) is 12.2. The largest absolute Gasteiger partial charge is 0.497 e. The normalized spacial score (nSPS) is 20.6. The molecule has 34 heavy (non-hydrogen) atoms. The molecule has 1 fully saturated rings. The summed E-state index contributed by atoms with van der Waals surface area (Å²) in [5.74, 6) is 0.383. The molecule has 1 spiro atoms. The van der Waals surface area contributed by atoms with Crippen LogP contribution in [0, 0.1) is 6.92 Å². The lowest BCUT2D eigenvalue weighted by Crippen LogP contribution is -2.50. The average Bonchev–Trinajstić information content (AvgIpc) is 3.25. The monoisotopic (exact) mass is 472 g/mol. The molecule has 0 unspecified atom stereocenters. The van der Waals surface area contributed by atoms with Gasteiger partial charge in [0.25, 0.3) is 11.8 Å². The van der Waals surface area contributed by atoms with Crippen molar-refractivity contribution in [1.82, 2.24) is 4.90 Å². The number of methoxy groups -OCH3 is 1. The highest BCUT2D eigenvalue weighted by Crippen LogP contribution is 2.60. The van der Waals surface area contributed by atoms with Crippen LogP contribution in [0.3, 0.4) is 0 Å². The van der Waals surface area contributed by atoms with Gasteiger partial charge < -0.3 is 14.5 Å². The number of thioether (sulfide) groups is 1. The van der Waals surface area contributed by atoms with Crippen molar-refractivity contribution in [2.24, 2.45) is 0 Å². The van der Waals surface area contributed by atoms with Gasteiger partial charge in [-0.05, 0) is 50.6 Å². The standard InChI is InChI=1S/C28H28N2O3S/c1-19-13-14-24-23(15-19)28(26(32)29(24)17-20-9-6-5-7-10-20)30(18-27(2,3)34-28)25(31)21-11-8-12-22(16-21)33-4/h5-16H,17-18H2,1-4H3/t28-/m0/s1. The maximum atomic E-state index is 14.3. The molecule has 2 amide bonds. The first-order valence-electron chi connectivity index (χ1n) is 11.4. The van der Waals surface area contributed by atoms with E-state index in [0.29, 0.717) is 24.4 Å². The lowest BCUT2D eigenvalue weighted by molar-refractivity contribution is -0.123. The smallest absolute Gasteiger partial charge is 0.268 e. The third-order valence-corrected chi connectivity index (χ3v) is 8.02. The number of hydrogen-bond donors (Lipinski definition) is 0. The van der Waals surface area contributed by atoms with Gasteiger partial charge >= 0.3 is 0 Å². The molecule has 3 aromatic carbocycles. The van der Waals surface area contributed by atoms with E-state index in [1.807, 2.05) is 66.4 Å². The number of amides is 2. The van der Waals surface area contributed by atoms with Gasteiger partial charge in [0.15, 0.2) is 4.87 Å². The van der Waals surface area contributed by atoms with Gasteiger partial charge in [0.05, 0.1) is 19.3 Å². The molecular formula is C28H28N2O3S.